The average molecular weight is 209 g/mol. The number of aliphatic carboxylic acids is 1. The van der Waals surface area contributed by atoms with E-state index < -0.39 is 5.97 Å². The number of halogens is 1. The van der Waals surface area contributed by atoms with Crippen LogP contribution in [0, 0.1) is 5.82 Å². The summed E-state index contributed by atoms with van der Waals surface area (Å²) in [6.45, 7) is 0. The third-order valence-corrected chi connectivity index (χ3v) is 3.07. The Morgan fingerprint density at radius 1 is 1.53 bits per heavy atom. The summed E-state index contributed by atoms with van der Waals surface area (Å²) in [5, 5.41) is 8.83. The number of aromatic nitrogens is 1. The first-order chi connectivity index (χ1) is 7.12. The van der Waals surface area contributed by atoms with Gasteiger partial charge in [-0.3, -0.25) is 9.78 Å². The van der Waals surface area contributed by atoms with Crippen molar-refractivity contribution in [2.24, 2.45) is 0 Å². The van der Waals surface area contributed by atoms with Gasteiger partial charge in [-0.25, -0.2) is 4.39 Å². The lowest BCUT2D eigenvalue weighted by molar-refractivity contribution is -0.139. The highest BCUT2D eigenvalue weighted by Crippen LogP contribution is 2.45. The van der Waals surface area contributed by atoms with Gasteiger partial charge in [-0.2, -0.15) is 0 Å². The molecule has 0 bridgehead atoms. The van der Waals surface area contributed by atoms with Gasteiger partial charge in [0.15, 0.2) is 0 Å². The number of hydrogen-bond donors (Lipinski definition) is 1. The van der Waals surface area contributed by atoms with E-state index in [1.165, 1.54) is 6.07 Å². The molecule has 0 unspecified atom stereocenters. The van der Waals surface area contributed by atoms with E-state index in [9.17, 15) is 9.18 Å². The molecule has 0 radical (unpaired) electrons. The minimum Gasteiger partial charge on any atom is -0.481 e. The molecule has 1 aromatic rings. The zero-order valence-electron chi connectivity index (χ0n) is 8.24. The predicted octanol–water partition coefficient (Wildman–Crippen LogP) is 2.12. The smallest absolute Gasteiger partial charge is 0.304 e. The molecule has 0 atom stereocenters. The number of carboxylic acid groups (broad SMARTS) is 1. The molecule has 0 amide bonds. The van der Waals surface area contributed by atoms with E-state index in [1.807, 2.05) is 0 Å². The first-order valence-electron chi connectivity index (χ1n) is 4.96. The van der Waals surface area contributed by atoms with Gasteiger partial charge in [-0.1, -0.05) is 6.42 Å². The molecule has 0 aromatic carbocycles. The van der Waals surface area contributed by atoms with Crippen LogP contribution in [0.4, 0.5) is 4.39 Å². The Balaban J connectivity index is 2.26. The van der Waals surface area contributed by atoms with E-state index in [2.05, 4.69) is 4.98 Å². The molecule has 1 saturated carbocycles. The van der Waals surface area contributed by atoms with Crippen LogP contribution in [-0.2, 0) is 10.2 Å². The van der Waals surface area contributed by atoms with Crippen LogP contribution in [0.3, 0.4) is 0 Å². The van der Waals surface area contributed by atoms with E-state index in [1.54, 1.807) is 6.07 Å². The SMILES string of the molecule is O=C(O)CC1(c2ccc(F)cn2)CCC1. The minimum absolute atomic E-state index is 0.0889. The molecule has 0 spiro atoms. The number of carbonyl (C=O) groups is 1. The van der Waals surface area contributed by atoms with Crippen molar-refractivity contribution in [2.45, 2.75) is 31.1 Å². The zero-order valence-corrected chi connectivity index (χ0v) is 8.24. The monoisotopic (exact) mass is 209 g/mol. The van der Waals surface area contributed by atoms with Gasteiger partial charge in [0.1, 0.15) is 5.82 Å². The standard InChI is InChI=1S/C11H12FNO2/c12-8-2-3-9(13-7-8)11(4-1-5-11)6-10(14)15/h2-3,7H,1,4-6H2,(H,14,15). The molecule has 15 heavy (non-hydrogen) atoms. The highest BCUT2D eigenvalue weighted by molar-refractivity contribution is 5.69. The Morgan fingerprint density at radius 2 is 2.27 bits per heavy atom. The van der Waals surface area contributed by atoms with E-state index in [0.717, 1.165) is 25.5 Å². The van der Waals surface area contributed by atoms with Gasteiger partial charge in [0.05, 0.1) is 12.6 Å². The quantitative estimate of drug-likeness (QED) is 0.829. The molecule has 0 saturated heterocycles. The van der Waals surface area contributed by atoms with Gasteiger partial charge < -0.3 is 5.11 Å². The second-order valence-electron chi connectivity index (χ2n) is 4.07. The molecule has 1 aliphatic carbocycles. The van der Waals surface area contributed by atoms with Crippen molar-refractivity contribution in [1.29, 1.82) is 0 Å². The van der Waals surface area contributed by atoms with E-state index in [-0.39, 0.29) is 17.7 Å². The Labute approximate surface area is 87.0 Å². The maximum absolute atomic E-state index is 12.7. The number of nitrogens with zero attached hydrogens (tertiary/aromatic N) is 1. The first-order valence-corrected chi connectivity index (χ1v) is 4.96. The second-order valence-corrected chi connectivity index (χ2v) is 4.07. The van der Waals surface area contributed by atoms with E-state index >= 15 is 0 Å². The van der Waals surface area contributed by atoms with Crippen LogP contribution in [0.2, 0.25) is 0 Å². The van der Waals surface area contributed by atoms with Crippen LogP contribution in [-0.4, -0.2) is 16.1 Å². The van der Waals surface area contributed by atoms with Crippen LogP contribution >= 0.6 is 0 Å². The molecule has 4 heteroatoms. The zero-order chi connectivity index (χ0) is 10.9. The lowest BCUT2D eigenvalue weighted by Crippen LogP contribution is -2.37. The van der Waals surface area contributed by atoms with Gasteiger partial charge in [0.2, 0.25) is 0 Å². The Kier molecular flexibility index (Phi) is 2.42. The summed E-state index contributed by atoms with van der Waals surface area (Å²) in [6, 6.07) is 2.93. The number of pyridine rings is 1. The van der Waals surface area contributed by atoms with Crippen molar-refractivity contribution < 1.29 is 14.3 Å². The number of rotatable bonds is 3. The minimum atomic E-state index is -0.819. The first kappa shape index (κ1) is 10.1. The maximum Gasteiger partial charge on any atom is 0.304 e. The molecule has 1 N–H and O–H groups in total. The van der Waals surface area contributed by atoms with Gasteiger partial charge in [0, 0.05) is 11.1 Å². The van der Waals surface area contributed by atoms with Crippen molar-refractivity contribution >= 4 is 5.97 Å². The second kappa shape index (κ2) is 3.61. The molecule has 3 nitrogen and oxygen atoms in total. The number of carboxylic acids is 1. The molecule has 1 aliphatic rings. The van der Waals surface area contributed by atoms with E-state index in [4.69, 9.17) is 5.11 Å². The van der Waals surface area contributed by atoms with Gasteiger partial charge >= 0.3 is 5.97 Å². The largest absolute Gasteiger partial charge is 0.481 e. The summed E-state index contributed by atoms with van der Waals surface area (Å²) in [7, 11) is 0. The van der Waals surface area contributed by atoms with Crippen molar-refractivity contribution in [3.05, 3.63) is 29.8 Å². The van der Waals surface area contributed by atoms with Crippen molar-refractivity contribution in [3.63, 3.8) is 0 Å². The predicted molar refractivity (Wildman–Crippen MR) is 52.0 cm³/mol. The number of hydrogen-bond acceptors (Lipinski definition) is 2. The molecule has 1 heterocycles. The Morgan fingerprint density at radius 3 is 2.67 bits per heavy atom. The van der Waals surface area contributed by atoms with Gasteiger partial charge in [0.25, 0.3) is 0 Å². The van der Waals surface area contributed by atoms with Crippen molar-refractivity contribution in [2.75, 3.05) is 0 Å². The highest BCUT2D eigenvalue weighted by atomic mass is 19.1. The Bertz CT molecular complexity index is 371. The van der Waals surface area contributed by atoms with Crippen molar-refractivity contribution in [3.8, 4) is 0 Å². The van der Waals surface area contributed by atoms with Gasteiger partial charge in [-0.15, -0.1) is 0 Å². The van der Waals surface area contributed by atoms with Crippen LogP contribution < -0.4 is 0 Å². The third-order valence-electron chi connectivity index (χ3n) is 3.07. The third kappa shape index (κ3) is 1.84. The highest BCUT2D eigenvalue weighted by Gasteiger charge is 2.41. The fourth-order valence-corrected chi connectivity index (χ4v) is 2.11. The lowest BCUT2D eigenvalue weighted by atomic mass is 9.64. The summed E-state index contributed by atoms with van der Waals surface area (Å²) >= 11 is 0. The van der Waals surface area contributed by atoms with Crippen LogP contribution in [0.5, 0.6) is 0 Å². The lowest BCUT2D eigenvalue weighted by Gasteiger charge is -2.40. The topological polar surface area (TPSA) is 50.2 Å². The van der Waals surface area contributed by atoms with Crippen molar-refractivity contribution in [1.82, 2.24) is 4.98 Å². The summed E-state index contributed by atoms with van der Waals surface area (Å²) in [4.78, 5) is 14.7. The summed E-state index contributed by atoms with van der Waals surface area (Å²) in [5.41, 5.74) is 0.358. The van der Waals surface area contributed by atoms with Crippen LogP contribution in [0.1, 0.15) is 31.4 Å². The Hall–Kier alpha value is -1.45. The average Bonchev–Trinajstić information content (AvgIpc) is 2.13. The molecule has 1 aromatic heterocycles. The molecule has 80 valence electrons. The fraction of sp³-hybridized carbons (Fsp3) is 0.455. The molecule has 2 rings (SSSR count). The summed E-state index contributed by atoms with van der Waals surface area (Å²) in [6.07, 6.45) is 3.92. The van der Waals surface area contributed by atoms with Gasteiger partial charge in [-0.05, 0) is 25.0 Å². The molecule has 0 aliphatic heterocycles. The van der Waals surface area contributed by atoms with E-state index in [0.29, 0.717) is 5.69 Å². The molecular weight excluding hydrogens is 197 g/mol. The molecule has 1 fully saturated rings. The normalized spacial score (nSPS) is 18.2. The summed E-state index contributed by atoms with van der Waals surface area (Å²) < 4.78 is 12.7. The fourth-order valence-electron chi connectivity index (χ4n) is 2.11. The summed E-state index contributed by atoms with van der Waals surface area (Å²) in [5.74, 6) is -1.20. The van der Waals surface area contributed by atoms with Crippen LogP contribution in [0.15, 0.2) is 18.3 Å². The molecular formula is C11H12FNO2. The van der Waals surface area contributed by atoms with Crippen LogP contribution in [0.25, 0.3) is 0 Å². The maximum atomic E-state index is 12.7.